The molecule has 2 amide bonds. The Balaban J connectivity index is 3.99. The van der Waals surface area contributed by atoms with Gasteiger partial charge in [-0.1, -0.05) is 20.8 Å². The molecule has 3 N–H and O–H groups in total. The van der Waals surface area contributed by atoms with Crippen LogP contribution in [0.2, 0.25) is 0 Å². The van der Waals surface area contributed by atoms with E-state index in [0.717, 1.165) is 0 Å². The van der Waals surface area contributed by atoms with Gasteiger partial charge in [0.25, 0.3) is 0 Å². The van der Waals surface area contributed by atoms with Crippen LogP contribution < -0.4 is 11.2 Å². The van der Waals surface area contributed by atoms with Gasteiger partial charge in [0.2, 0.25) is 0 Å². The summed E-state index contributed by atoms with van der Waals surface area (Å²) in [6.07, 6.45) is 0.678. The molecule has 0 spiro atoms. The minimum atomic E-state index is -0.869. The highest BCUT2D eigenvalue weighted by atomic mass is 16.7. The molecule has 0 saturated carbocycles. The van der Waals surface area contributed by atoms with Gasteiger partial charge in [0, 0.05) is 0 Å². The first-order chi connectivity index (χ1) is 5.99. The molecule has 5 heteroatoms. The van der Waals surface area contributed by atoms with Crippen molar-refractivity contribution in [1.82, 2.24) is 5.48 Å². The molecule has 13 heavy (non-hydrogen) atoms. The molecule has 0 aliphatic heterocycles. The maximum absolute atomic E-state index is 11.2. The van der Waals surface area contributed by atoms with Gasteiger partial charge >= 0.3 is 12.0 Å². The Kier molecular flexibility index (Phi) is 4.87. The van der Waals surface area contributed by atoms with Crippen molar-refractivity contribution in [3.8, 4) is 0 Å². The zero-order valence-electron chi connectivity index (χ0n) is 8.16. The number of urea groups is 1. The van der Waals surface area contributed by atoms with Crippen LogP contribution in [0.4, 0.5) is 4.79 Å². The SMILES string of the molecule is CCC(C(=O)ONC(N)=O)C(C)C. The van der Waals surface area contributed by atoms with Gasteiger partial charge in [0.15, 0.2) is 0 Å². The number of primary amides is 1. The first kappa shape index (κ1) is 11.7. The van der Waals surface area contributed by atoms with E-state index in [9.17, 15) is 9.59 Å². The van der Waals surface area contributed by atoms with Crippen molar-refractivity contribution in [1.29, 1.82) is 0 Å². The van der Waals surface area contributed by atoms with Crippen molar-refractivity contribution in [2.24, 2.45) is 17.6 Å². The van der Waals surface area contributed by atoms with E-state index < -0.39 is 12.0 Å². The van der Waals surface area contributed by atoms with Crippen LogP contribution in [0.1, 0.15) is 27.2 Å². The van der Waals surface area contributed by atoms with Crippen LogP contribution in [0.3, 0.4) is 0 Å². The smallest absolute Gasteiger partial charge is 0.345 e. The van der Waals surface area contributed by atoms with Crippen LogP contribution >= 0.6 is 0 Å². The normalized spacial score (nSPS) is 12.3. The third-order valence-electron chi connectivity index (χ3n) is 1.80. The Hall–Kier alpha value is -1.26. The van der Waals surface area contributed by atoms with Crippen molar-refractivity contribution >= 4 is 12.0 Å². The van der Waals surface area contributed by atoms with E-state index >= 15 is 0 Å². The summed E-state index contributed by atoms with van der Waals surface area (Å²) in [6.45, 7) is 5.72. The van der Waals surface area contributed by atoms with E-state index in [4.69, 9.17) is 5.73 Å². The molecule has 0 bridgehead atoms. The summed E-state index contributed by atoms with van der Waals surface area (Å²) in [6, 6.07) is -0.869. The minimum Gasteiger partial charge on any atom is -0.349 e. The Morgan fingerprint density at radius 3 is 2.31 bits per heavy atom. The highest BCUT2D eigenvalue weighted by Crippen LogP contribution is 2.15. The third kappa shape index (κ3) is 4.35. The van der Waals surface area contributed by atoms with Gasteiger partial charge < -0.3 is 10.6 Å². The van der Waals surface area contributed by atoms with Crippen LogP contribution in [0.5, 0.6) is 0 Å². The van der Waals surface area contributed by atoms with Crippen LogP contribution in [-0.2, 0) is 9.63 Å². The molecule has 1 unspecified atom stereocenters. The topological polar surface area (TPSA) is 81.4 Å². The number of nitrogens with one attached hydrogen (secondary N) is 1. The van der Waals surface area contributed by atoms with E-state index in [0.29, 0.717) is 6.42 Å². The second-order valence-corrected chi connectivity index (χ2v) is 3.15. The Morgan fingerprint density at radius 1 is 1.46 bits per heavy atom. The van der Waals surface area contributed by atoms with Crippen LogP contribution in [-0.4, -0.2) is 12.0 Å². The zero-order valence-corrected chi connectivity index (χ0v) is 8.16. The Bertz CT molecular complexity index is 192. The number of hydrogen-bond acceptors (Lipinski definition) is 3. The molecule has 0 rings (SSSR count). The van der Waals surface area contributed by atoms with E-state index in [1.807, 2.05) is 20.8 Å². The highest BCUT2D eigenvalue weighted by molar-refractivity contribution is 5.76. The molecule has 5 nitrogen and oxygen atoms in total. The number of carbonyl (C=O) groups is 2. The molecule has 0 radical (unpaired) electrons. The average Bonchev–Trinajstić information content (AvgIpc) is 2.01. The number of rotatable bonds is 3. The van der Waals surface area contributed by atoms with Gasteiger partial charge in [0.05, 0.1) is 5.92 Å². The summed E-state index contributed by atoms with van der Waals surface area (Å²) in [7, 11) is 0. The fraction of sp³-hybridized carbons (Fsp3) is 0.750. The fourth-order valence-electron chi connectivity index (χ4n) is 1.09. The third-order valence-corrected chi connectivity index (χ3v) is 1.80. The van der Waals surface area contributed by atoms with Crippen LogP contribution in [0, 0.1) is 11.8 Å². The first-order valence-corrected chi connectivity index (χ1v) is 4.25. The van der Waals surface area contributed by atoms with Crippen molar-refractivity contribution < 1.29 is 14.4 Å². The predicted molar refractivity (Wildman–Crippen MR) is 47.4 cm³/mol. The molecule has 0 saturated heterocycles. The number of carbonyl (C=O) groups excluding carboxylic acids is 2. The van der Waals surface area contributed by atoms with E-state index in [1.54, 1.807) is 5.48 Å². The lowest BCUT2D eigenvalue weighted by molar-refractivity contribution is -0.155. The minimum absolute atomic E-state index is 0.187. The quantitative estimate of drug-likeness (QED) is 0.642. The lowest BCUT2D eigenvalue weighted by Crippen LogP contribution is -2.35. The standard InChI is InChI=1S/C8H16N2O3/c1-4-6(5(2)3)7(11)13-10-8(9)12/h5-6H,4H2,1-3H3,(H3,9,10,12). The lowest BCUT2D eigenvalue weighted by atomic mass is 9.94. The molecule has 76 valence electrons. The molecule has 0 heterocycles. The predicted octanol–water partition coefficient (Wildman–Crippen LogP) is 0.795. The monoisotopic (exact) mass is 188 g/mol. The van der Waals surface area contributed by atoms with Gasteiger partial charge in [-0.3, -0.25) is 0 Å². The Morgan fingerprint density at radius 2 is 2.00 bits per heavy atom. The lowest BCUT2D eigenvalue weighted by Gasteiger charge is -2.16. The van der Waals surface area contributed by atoms with Gasteiger partial charge in [-0.25, -0.2) is 9.59 Å². The maximum Gasteiger partial charge on any atom is 0.345 e. The second kappa shape index (κ2) is 5.40. The molecule has 0 aromatic heterocycles. The van der Waals surface area contributed by atoms with Gasteiger partial charge in [-0.15, -0.1) is 0 Å². The van der Waals surface area contributed by atoms with Crippen LogP contribution in [0.25, 0.3) is 0 Å². The maximum atomic E-state index is 11.2. The summed E-state index contributed by atoms with van der Waals surface area (Å²) in [5.74, 6) is -0.463. The number of amides is 2. The molecular formula is C8H16N2O3. The van der Waals surface area contributed by atoms with Crippen molar-refractivity contribution in [2.75, 3.05) is 0 Å². The van der Waals surface area contributed by atoms with Crippen molar-refractivity contribution in [3.63, 3.8) is 0 Å². The van der Waals surface area contributed by atoms with Crippen molar-refractivity contribution in [3.05, 3.63) is 0 Å². The van der Waals surface area contributed by atoms with Gasteiger partial charge in [0.1, 0.15) is 0 Å². The summed E-state index contributed by atoms with van der Waals surface area (Å²) in [4.78, 5) is 25.9. The number of hydrogen-bond donors (Lipinski definition) is 2. The summed E-state index contributed by atoms with van der Waals surface area (Å²) >= 11 is 0. The van der Waals surface area contributed by atoms with Crippen molar-refractivity contribution in [2.45, 2.75) is 27.2 Å². The fourth-order valence-corrected chi connectivity index (χ4v) is 1.09. The van der Waals surface area contributed by atoms with Gasteiger partial charge in [-0.2, -0.15) is 5.48 Å². The molecule has 1 atom stereocenters. The van der Waals surface area contributed by atoms with Crippen LogP contribution in [0.15, 0.2) is 0 Å². The highest BCUT2D eigenvalue weighted by Gasteiger charge is 2.22. The summed E-state index contributed by atoms with van der Waals surface area (Å²) < 4.78 is 0. The molecule has 0 aromatic carbocycles. The molecular weight excluding hydrogens is 172 g/mol. The van der Waals surface area contributed by atoms with E-state index in [1.165, 1.54) is 0 Å². The first-order valence-electron chi connectivity index (χ1n) is 4.25. The summed E-state index contributed by atoms with van der Waals surface area (Å²) in [5.41, 5.74) is 6.54. The largest absolute Gasteiger partial charge is 0.349 e. The second-order valence-electron chi connectivity index (χ2n) is 3.15. The van der Waals surface area contributed by atoms with E-state index in [2.05, 4.69) is 4.84 Å². The number of hydroxylamine groups is 1. The van der Waals surface area contributed by atoms with E-state index in [-0.39, 0.29) is 11.8 Å². The zero-order chi connectivity index (χ0) is 10.4. The molecule has 0 aromatic rings. The van der Waals surface area contributed by atoms with Gasteiger partial charge in [-0.05, 0) is 12.3 Å². The molecule has 0 aliphatic carbocycles. The Labute approximate surface area is 77.6 Å². The summed E-state index contributed by atoms with van der Waals surface area (Å²) in [5, 5.41) is 0. The average molecular weight is 188 g/mol. The molecule has 0 aliphatic rings. The molecule has 0 fully saturated rings. The number of nitrogens with two attached hydrogens (primary N) is 1.